The number of ether oxygens (including phenoxy) is 1. The summed E-state index contributed by atoms with van der Waals surface area (Å²) >= 11 is 3.28. The maximum Gasteiger partial charge on any atom is 0.414 e. The molecule has 1 amide bonds. The summed E-state index contributed by atoms with van der Waals surface area (Å²) in [6.07, 6.45) is -0.447. The van der Waals surface area contributed by atoms with Crippen LogP contribution in [0.15, 0.2) is 24.3 Å². The SMILES string of the molecule is N#Cc1ccc(N2CC(CBr)OC2=O)cc1. The lowest BCUT2D eigenvalue weighted by molar-refractivity contribution is 0.152. The molecule has 0 saturated carbocycles. The summed E-state index contributed by atoms with van der Waals surface area (Å²) in [6.45, 7) is 0.538. The van der Waals surface area contributed by atoms with Gasteiger partial charge in [0.25, 0.3) is 0 Å². The Balaban J connectivity index is 2.19. The van der Waals surface area contributed by atoms with Gasteiger partial charge in [0.15, 0.2) is 0 Å². The van der Waals surface area contributed by atoms with Crippen LogP contribution in [0.2, 0.25) is 0 Å². The van der Waals surface area contributed by atoms with E-state index in [4.69, 9.17) is 10.00 Å². The van der Waals surface area contributed by atoms with E-state index in [2.05, 4.69) is 15.9 Å². The fraction of sp³-hybridized carbons (Fsp3) is 0.273. The molecule has 1 atom stereocenters. The molecule has 0 N–H and O–H groups in total. The van der Waals surface area contributed by atoms with Crippen molar-refractivity contribution in [3.8, 4) is 6.07 Å². The molecule has 1 fully saturated rings. The summed E-state index contributed by atoms with van der Waals surface area (Å²) in [5.74, 6) is 0. The molecule has 1 unspecified atom stereocenters. The topological polar surface area (TPSA) is 53.3 Å². The molecule has 1 saturated heterocycles. The van der Waals surface area contributed by atoms with E-state index in [1.807, 2.05) is 6.07 Å². The van der Waals surface area contributed by atoms with E-state index in [0.717, 1.165) is 5.69 Å². The van der Waals surface area contributed by atoms with Crippen LogP contribution in [0.1, 0.15) is 5.56 Å². The number of hydrogen-bond donors (Lipinski definition) is 0. The number of amides is 1. The summed E-state index contributed by atoms with van der Waals surface area (Å²) < 4.78 is 5.11. The molecule has 0 radical (unpaired) electrons. The summed E-state index contributed by atoms with van der Waals surface area (Å²) in [6, 6.07) is 8.90. The lowest BCUT2D eigenvalue weighted by Gasteiger charge is -2.12. The average Bonchev–Trinajstić information content (AvgIpc) is 2.71. The van der Waals surface area contributed by atoms with Crippen molar-refractivity contribution in [3.05, 3.63) is 29.8 Å². The highest BCUT2D eigenvalue weighted by Gasteiger charge is 2.31. The Morgan fingerprint density at radius 3 is 2.69 bits per heavy atom. The van der Waals surface area contributed by atoms with Gasteiger partial charge in [-0.3, -0.25) is 4.90 Å². The standard InChI is InChI=1S/C11H9BrN2O2/c12-5-10-7-14(11(15)16-10)9-3-1-8(6-13)2-4-9/h1-4,10H,5,7H2. The molecule has 1 heterocycles. The minimum atomic E-state index is -0.339. The number of anilines is 1. The first-order valence-corrected chi connectivity index (χ1v) is 5.91. The second kappa shape index (κ2) is 4.54. The van der Waals surface area contributed by atoms with Crippen molar-refractivity contribution in [1.29, 1.82) is 5.26 Å². The molecular formula is C11H9BrN2O2. The quantitative estimate of drug-likeness (QED) is 0.781. The Hall–Kier alpha value is -1.54. The number of alkyl halides is 1. The van der Waals surface area contributed by atoms with Crippen LogP contribution >= 0.6 is 15.9 Å². The third kappa shape index (κ3) is 2.02. The Labute approximate surface area is 102 Å². The van der Waals surface area contributed by atoms with E-state index in [0.29, 0.717) is 17.4 Å². The van der Waals surface area contributed by atoms with Crippen LogP contribution in [0, 0.1) is 11.3 Å². The molecule has 0 aromatic heterocycles. The van der Waals surface area contributed by atoms with Crippen LogP contribution in [-0.4, -0.2) is 24.1 Å². The van der Waals surface area contributed by atoms with E-state index in [9.17, 15) is 4.79 Å². The summed E-state index contributed by atoms with van der Waals surface area (Å²) in [4.78, 5) is 13.1. The zero-order chi connectivity index (χ0) is 11.5. The number of nitrogens with zero attached hydrogens (tertiary/aromatic N) is 2. The first-order valence-electron chi connectivity index (χ1n) is 4.79. The van der Waals surface area contributed by atoms with E-state index in [1.54, 1.807) is 29.2 Å². The van der Waals surface area contributed by atoms with Gasteiger partial charge in [-0.1, -0.05) is 15.9 Å². The highest BCUT2D eigenvalue weighted by molar-refractivity contribution is 9.09. The van der Waals surface area contributed by atoms with Crippen molar-refractivity contribution in [2.45, 2.75) is 6.10 Å². The molecule has 4 nitrogen and oxygen atoms in total. The molecule has 1 aromatic rings. The van der Waals surface area contributed by atoms with Gasteiger partial charge in [-0.05, 0) is 24.3 Å². The van der Waals surface area contributed by atoms with Crippen molar-refractivity contribution < 1.29 is 9.53 Å². The largest absolute Gasteiger partial charge is 0.443 e. The normalized spacial score (nSPS) is 19.4. The smallest absolute Gasteiger partial charge is 0.414 e. The molecule has 0 aliphatic carbocycles. The zero-order valence-electron chi connectivity index (χ0n) is 8.39. The van der Waals surface area contributed by atoms with Crippen LogP contribution < -0.4 is 4.90 Å². The maximum absolute atomic E-state index is 11.5. The highest BCUT2D eigenvalue weighted by Crippen LogP contribution is 2.22. The second-order valence-electron chi connectivity index (χ2n) is 3.43. The van der Waals surface area contributed by atoms with Gasteiger partial charge < -0.3 is 4.74 Å². The van der Waals surface area contributed by atoms with Crippen molar-refractivity contribution >= 4 is 27.7 Å². The van der Waals surface area contributed by atoms with Crippen molar-refractivity contribution in [2.75, 3.05) is 16.8 Å². The fourth-order valence-electron chi connectivity index (χ4n) is 1.53. The average molecular weight is 281 g/mol. The first-order chi connectivity index (χ1) is 7.74. The van der Waals surface area contributed by atoms with Gasteiger partial charge in [-0.2, -0.15) is 5.26 Å². The predicted molar refractivity (Wildman–Crippen MR) is 62.6 cm³/mol. The number of carbonyl (C=O) groups is 1. The number of rotatable bonds is 2. The number of cyclic esters (lactones) is 1. The summed E-state index contributed by atoms with van der Waals surface area (Å²) in [5.41, 5.74) is 1.33. The van der Waals surface area contributed by atoms with Crippen LogP contribution in [0.5, 0.6) is 0 Å². The third-order valence-electron chi connectivity index (χ3n) is 2.35. The lowest BCUT2D eigenvalue weighted by atomic mass is 10.2. The Morgan fingerprint density at radius 2 is 2.19 bits per heavy atom. The molecule has 1 aliphatic rings. The first kappa shape index (κ1) is 11.0. The summed E-state index contributed by atoms with van der Waals surface area (Å²) in [7, 11) is 0. The molecule has 2 rings (SSSR count). The van der Waals surface area contributed by atoms with Gasteiger partial charge in [-0.25, -0.2) is 4.79 Å². The number of carbonyl (C=O) groups excluding carboxylic acids is 1. The van der Waals surface area contributed by atoms with Gasteiger partial charge in [0.05, 0.1) is 18.2 Å². The van der Waals surface area contributed by atoms with E-state index < -0.39 is 0 Å². The molecular weight excluding hydrogens is 272 g/mol. The van der Waals surface area contributed by atoms with Crippen LogP contribution in [0.25, 0.3) is 0 Å². The van der Waals surface area contributed by atoms with E-state index in [-0.39, 0.29) is 12.2 Å². The highest BCUT2D eigenvalue weighted by atomic mass is 79.9. The minimum Gasteiger partial charge on any atom is -0.443 e. The number of halogens is 1. The van der Waals surface area contributed by atoms with Crippen molar-refractivity contribution in [2.24, 2.45) is 0 Å². The molecule has 1 aliphatic heterocycles. The minimum absolute atomic E-state index is 0.108. The van der Waals surface area contributed by atoms with E-state index >= 15 is 0 Å². The van der Waals surface area contributed by atoms with Crippen molar-refractivity contribution in [1.82, 2.24) is 0 Å². The number of hydrogen-bond acceptors (Lipinski definition) is 3. The van der Waals surface area contributed by atoms with Crippen LogP contribution in [0.4, 0.5) is 10.5 Å². The molecule has 0 spiro atoms. The fourth-order valence-corrected chi connectivity index (χ4v) is 1.87. The van der Waals surface area contributed by atoms with Gasteiger partial charge in [-0.15, -0.1) is 0 Å². The third-order valence-corrected chi connectivity index (χ3v) is 3.08. The Kier molecular flexibility index (Phi) is 3.11. The maximum atomic E-state index is 11.5. The van der Waals surface area contributed by atoms with Gasteiger partial charge >= 0.3 is 6.09 Å². The Bertz CT molecular complexity index is 438. The number of benzene rings is 1. The molecule has 82 valence electrons. The zero-order valence-corrected chi connectivity index (χ0v) is 9.98. The second-order valence-corrected chi connectivity index (χ2v) is 4.08. The molecule has 5 heteroatoms. The lowest BCUT2D eigenvalue weighted by Crippen LogP contribution is -2.24. The van der Waals surface area contributed by atoms with Gasteiger partial charge in [0.1, 0.15) is 6.10 Å². The van der Waals surface area contributed by atoms with Gasteiger partial charge in [0.2, 0.25) is 0 Å². The van der Waals surface area contributed by atoms with E-state index in [1.165, 1.54) is 0 Å². The van der Waals surface area contributed by atoms with Crippen LogP contribution in [-0.2, 0) is 4.74 Å². The van der Waals surface area contributed by atoms with Crippen LogP contribution in [0.3, 0.4) is 0 Å². The molecule has 0 bridgehead atoms. The predicted octanol–water partition coefficient (Wildman–Crippen LogP) is 2.28. The van der Waals surface area contributed by atoms with Crippen molar-refractivity contribution in [3.63, 3.8) is 0 Å². The number of nitriles is 1. The summed E-state index contributed by atoms with van der Waals surface area (Å²) in [5, 5.41) is 9.29. The molecule has 1 aromatic carbocycles. The molecule has 16 heavy (non-hydrogen) atoms. The Morgan fingerprint density at radius 1 is 1.50 bits per heavy atom. The monoisotopic (exact) mass is 280 g/mol. The van der Waals surface area contributed by atoms with Gasteiger partial charge in [0, 0.05) is 11.0 Å².